The normalized spacial score (nSPS) is 13.5. The van der Waals surface area contributed by atoms with Gasteiger partial charge in [-0.05, 0) is 66.9 Å². The van der Waals surface area contributed by atoms with Crippen molar-refractivity contribution < 1.29 is 14.3 Å². The van der Waals surface area contributed by atoms with Crippen LogP contribution in [0.15, 0.2) is 85.0 Å². The van der Waals surface area contributed by atoms with E-state index in [2.05, 4.69) is 29.7 Å². The summed E-state index contributed by atoms with van der Waals surface area (Å²) in [5.74, 6) is 0.903. The van der Waals surface area contributed by atoms with E-state index in [-0.39, 0.29) is 11.5 Å². The minimum atomic E-state index is -0.267. The fourth-order valence-electron chi connectivity index (χ4n) is 4.52. The number of anilines is 1. The highest BCUT2D eigenvalue weighted by molar-refractivity contribution is 6.30. The molecule has 0 unspecified atom stereocenters. The Hall–Kier alpha value is -4.21. The van der Waals surface area contributed by atoms with Crippen LogP contribution in [0.4, 0.5) is 5.69 Å². The number of nitrogens with zero attached hydrogens (tertiary/aromatic N) is 3. The molecule has 1 saturated heterocycles. The molecular weight excluding hydrogens is 510 g/mol. The number of halogens is 1. The number of para-hydroxylation sites is 1. The predicted molar refractivity (Wildman–Crippen MR) is 156 cm³/mol. The molecule has 200 valence electrons. The molecule has 0 N–H and O–H groups in total. The van der Waals surface area contributed by atoms with E-state index in [1.54, 1.807) is 17.1 Å². The molecule has 1 aliphatic heterocycles. The lowest BCUT2D eigenvalue weighted by Crippen LogP contribution is -2.49. The quantitative estimate of drug-likeness (QED) is 0.171. The van der Waals surface area contributed by atoms with Gasteiger partial charge in [0.2, 0.25) is 0 Å². The summed E-state index contributed by atoms with van der Waals surface area (Å²) in [5.41, 5.74) is 3.75. The number of carbonyl (C=O) groups is 1. The molecule has 1 aliphatic rings. The van der Waals surface area contributed by atoms with E-state index < -0.39 is 0 Å². The van der Waals surface area contributed by atoms with Crippen molar-refractivity contribution in [3.8, 4) is 17.6 Å². The molecule has 3 aromatic carbocycles. The summed E-state index contributed by atoms with van der Waals surface area (Å²) in [7, 11) is 0. The molecule has 1 amide bonds. The Kier molecular flexibility index (Phi) is 9.66. The Labute approximate surface area is 235 Å². The van der Waals surface area contributed by atoms with E-state index in [1.165, 1.54) is 0 Å². The van der Waals surface area contributed by atoms with Crippen molar-refractivity contribution in [2.24, 2.45) is 0 Å². The number of hydrogen-bond donors (Lipinski definition) is 0. The molecule has 0 aliphatic carbocycles. The monoisotopic (exact) mass is 541 g/mol. The first-order chi connectivity index (χ1) is 19.0. The van der Waals surface area contributed by atoms with Gasteiger partial charge in [0.05, 0.1) is 6.61 Å². The smallest absolute Gasteiger partial charge is 0.264 e. The van der Waals surface area contributed by atoms with Crippen molar-refractivity contribution in [2.45, 2.75) is 20.0 Å². The van der Waals surface area contributed by atoms with Crippen LogP contribution in [0.2, 0.25) is 5.02 Å². The fourth-order valence-corrected chi connectivity index (χ4v) is 4.65. The molecule has 0 spiro atoms. The second-order valence-electron chi connectivity index (χ2n) is 9.13. The van der Waals surface area contributed by atoms with Crippen molar-refractivity contribution in [1.82, 2.24) is 4.90 Å². The van der Waals surface area contributed by atoms with Gasteiger partial charge in [-0.15, -0.1) is 6.58 Å². The molecule has 1 heterocycles. The maximum absolute atomic E-state index is 13.3. The molecule has 1 fully saturated rings. The number of carbonyl (C=O) groups excluding carboxylic acids is 1. The molecule has 0 saturated carbocycles. The second-order valence-corrected chi connectivity index (χ2v) is 9.57. The highest BCUT2D eigenvalue weighted by atomic mass is 35.5. The van der Waals surface area contributed by atoms with Crippen LogP contribution in [0.25, 0.3) is 6.08 Å². The van der Waals surface area contributed by atoms with Crippen LogP contribution in [0, 0.1) is 11.3 Å². The van der Waals surface area contributed by atoms with Gasteiger partial charge in [0.15, 0.2) is 11.5 Å². The number of amides is 1. The third-order valence-corrected chi connectivity index (χ3v) is 6.72. The zero-order valence-corrected chi connectivity index (χ0v) is 22.9. The fraction of sp³-hybridized carbons (Fsp3) is 0.250. The van der Waals surface area contributed by atoms with Crippen LogP contribution in [0.5, 0.6) is 11.5 Å². The van der Waals surface area contributed by atoms with E-state index in [4.69, 9.17) is 21.1 Å². The highest BCUT2D eigenvalue weighted by Gasteiger charge is 2.24. The minimum Gasteiger partial charge on any atom is -0.490 e. The van der Waals surface area contributed by atoms with Crippen LogP contribution in [0.3, 0.4) is 0 Å². The van der Waals surface area contributed by atoms with Gasteiger partial charge in [0.1, 0.15) is 18.2 Å². The van der Waals surface area contributed by atoms with Gasteiger partial charge in [-0.2, -0.15) is 5.26 Å². The number of nitriles is 1. The van der Waals surface area contributed by atoms with Crippen LogP contribution in [-0.2, 0) is 17.8 Å². The van der Waals surface area contributed by atoms with Crippen molar-refractivity contribution in [3.63, 3.8) is 0 Å². The van der Waals surface area contributed by atoms with Gasteiger partial charge in [0.25, 0.3) is 5.91 Å². The second kappa shape index (κ2) is 13.5. The van der Waals surface area contributed by atoms with Crippen LogP contribution >= 0.6 is 11.6 Å². The van der Waals surface area contributed by atoms with Gasteiger partial charge in [-0.3, -0.25) is 4.79 Å². The van der Waals surface area contributed by atoms with Gasteiger partial charge in [-0.25, -0.2) is 0 Å². The first-order valence-electron chi connectivity index (χ1n) is 13.0. The van der Waals surface area contributed by atoms with Gasteiger partial charge >= 0.3 is 0 Å². The average Bonchev–Trinajstić information content (AvgIpc) is 2.97. The maximum atomic E-state index is 13.3. The topological polar surface area (TPSA) is 65.8 Å². The van der Waals surface area contributed by atoms with E-state index >= 15 is 0 Å². The van der Waals surface area contributed by atoms with Crippen molar-refractivity contribution in [2.75, 3.05) is 37.7 Å². The van der Waals surface area contributed by atoms with E-state index in [9.17, 15) is 10.1 Å². The maximum Gasteiger partial charge on any atom is 0.264 e. The predicted octanol–water partition coefficient (Wildman–Crippen LogP) is 6.30. The zero-order chi connectivity index (χ0) is 27.6. The Morgan fingerprint density at radius 3 is 2.41 bits per heavy atom. The van der Waals surface area contributed by atoms with Crippen molar-refractivity contribution in [1.29, 1.82) is 5.26 Å². The van der Waals surface area contributed by atoms with E-state index in [1.807, 2.05) is 61.5 Å². The third-order valence-electron chi connectivity index (χ3n) is 6.46. The van der Waals surface area contributed by atoms with Crippen LogP contribution < -0.4 is 14.4 Å². The average molecular weight is 542 g/mol. The zero-order valence-electron chi connectivity index (χ0n) is 22.1. The summed E-state index contributed by atoms with van der Waals surface area (Å²) in [6.45, 7) is 9.09. The Balaban J connectivity index is 1.54. The third kappa shape index (κ3) is 7.22. The summed E-state index contributed by atoms with van der Waals surface area (Å²) < 4.78 is 12.1. The molecule has 39 heavy (non-hydrogen) atoms. The van der Waals surface area contributed by atoms with Gasteiger partial charge in [0, 0.05) is 42.5 Å². The number of piperazine rings is 1. The van der Waals surface area contributed by atoms with Crippen molar-refractivity contribution in [3.05, 3.63) is 107 Å². The number of hydrogen-bond acceptors (Lipinski definition) is 5. The van der Waals surface area contributed by atoms with Crippen LogP contribution in [0.1, 0.15) is 23.6 Å². The van der Waals surface area contributed by atoms with E-state index in [0.29, 0.717) is 67.9 Å². The molecule has 0 radical (unpaired) electrons. The first-order valence-corrected chi connectivity index (χ1v) is 13.4. The largest absolute Gasteiger partial charge is 0.490 e. The van der Waals surface area contributed by atoms with E-state index in [0.717, 1.165) is 16.8 Å². The Morgan fingerprint density at radius 2 is 1.77 bits per heavy atom. The molecule has 0 aromatic heterocycles. The molecular formula is C32H32ClN3O3. The summed E-state index contributed by atoms with van der Waals surface area (Å²) in [4.78, 5) is 17.3. The number of benzene rings is 3. The lowest BCUT2D eigenvalue weighted by atomic mass is 10.0. The molecule has 0 bridgehead atoms. The van der Waals surface area contributed by atoms with Crippen LogP contribution in [-0.4, -0.2) is 43.6 Å². The Bertz CT molecular complexity index is 1360. The lowest BCUT2D eigenvalue weighted by molar-refractivity contribution is -0.126. The number of allylic oxidation sites excluding steroid dienone is 1. The molecule has 0 atom stereocenters. The molecule has 6 nitrogen and oxygen atoms in total. The summed E-state index contributed by atoms with van der Waals surface area (Å²) >= 11 is 6.01. The highest BCUT2D eigenvalue weighted by Crippen LogP contribution is 2.35. The SMILES string of the molecule is C=CCc1cc(/C=C(/C#N)C(=O)N2CCN(c3ccccc3)CC2)cc(OCC)c1OCc1ccc(Cl)cc1. The molecule has 4 rings (SSSR count). The number of ether oxygens (including phenoxy) is 2. The summed E-state index contributed by atoms with van der Waals surface area (Å²) in [6, 6.07) is 23.5. The first kappa shape index (κ1) is 27.8. The number of rotatable bonds is 10. The van der Waals surface area contributed by atoms with Gasteiger partial charge in [-0.1, -0.05) is 48.0 Å². The summed E-state index contributed by atoms with van der Waals surface area (Å²) in [5, 5.41) is 10.6. The Morgan fingerprint density at radius 1 is 1.05 bits per heavy atom. The standard InChI is InChI=1S/C32H32ClN3O3/c1-3-8-26-19-25(21-30(38-4-2)31(26)39-23-24-11-13-28(33)14-12-24)20-27(22-34)32(37)36-17-15-35(16-18-36)29-9-6-5-7-10-29/h3,5-7,9-14,19-21H,1,4,8,15-18,23H2,2H3/b27-20-. The molecule has 3 aromatic rings. The molecule has 7 heteroatoms. The van der Waals surface area contributed by atoms with Crippen molar-refractivity contribution >= 4 is 29.3 Å². The lowest BCUT2D eigenvalue weighted by Gasteiger charge is -2.36. The minimum absolute atomic E-state index is 0.0880. The van der Waals surface area contributed by atoms with Gasteiger partial charge < -0.3 is 19.3 Å². The summed E-state index contributed by atoms with van der Waals surface area (Å²) in [6.07, 6.45) is 3.95.